The molecule has 3 aliphatic rings. The molecular formula is C30H36N2O13. The number of nitrogens with two attached hydrogens (primary N) is 1. The molecule has 0 aromatic heterocycles. The van der Waals surface area contributed by atoms with Gasteiger partial charge in [0, 0.05) is 48.5 Å². The van der Waals surface area contributed by atoms with E-state index in [1.165, 1.54) is 25.3 Å². The number of rotatable bonds is 10. The van der Waals surface area contributed by atoms with E-state index in [1.807, 2.05) is 0 Å². The molecule has 5 unspecified atom stereocenters. The number of carbonyl (C=O) groups is 3. The van der Waals surface area contributed by atoms with E-state index in [0.29, 0.717) is 0 Å². The van der Waals surface area contributed by atoms with Crippen LogP contribution in [0.15, 0.2) is 18.2 Å². The molecule has 0 radical (unpaired) electrons. The summed E-state index contributed by atoms with van der Waals surface area (Å²) in [6.45, 7) is 0.356. The maximum atomic E-state index is 13.8. The van der Waals surface area contributed by atoms with Crippen molar-refractivity contribution in [3.8, 4) is 17.2 Å². The van der Waals surface area contributed by atoms with Crippen molar-refractivity contribution in [1.29, 1.82) is 0 Å². The first kappa shape index (κ1) is 32.9. The van der Waals surface area contributed by atoms with Gasteiger partial charge in [0.05, 0.1) is 54.8 Å². The lowest BCUT2D eigenvalue weighted by atomic mass is 9.72. The number of ketones is 3. The normalized spacial score (nSPS) is 28.2. The quantitative estimate of drug-likeness (QED) is 0.0974. The number of fused-ring (bicyclic) bond motifs is 3. The smallest absolute Gasteiger partial charge is 0.202 e. The summed E-state index contributed by atoms with van der Waals surface area (Å²) in [5.41, 5.74) is -3.85. The standard InChI is InChI=1S/C30H36N2O13/c1-12-25(36)16(32-9-13(34)11-43-31)6-20(44-12)45-18-8-30(41,19(35)10-33)7-15-22(18)29(40)24-23(27(15)38)26(37)14-4-3-5-17(42-2)21(14)28(24)39/h3-5,12-13,16,18,20,25,32-34,36,38,40-41H,6-11,31H2,1-2H3/t12?,13?,16?,18-,20?,25?,30-/m0/s1. The number of ether oxygens (including phenoxy) is 3. The van der Waals surface area contributed by atoms with E-state index in [-0.39, 0.29) is 47.6 Å². The van der Waals surface area contributed by atoms with Crippen molar-refractivity contribution >= 4 is 17.3 Å². The van der Waals surface area contributed by atoms with E-state index >= 15 is 0 Å². The number of benzene rings is 2. The zero-order valence-electron chi connectivity index (χ0n) is 24.6. The first-order valence-electron chi connectivity index (χ1n) is 14.3. The Morgan fingerprint density at radius 2 is 1.89 bits per heavy atom. The zero-order valence-corrected chi connectivity index (χ0v) is 24.6. The van der Waals surface area contributed by atoms with E-state index in [1.54, 1.807) is 6.92 Å². The number of aliphatic hydroxyl groups excluding tert-OH is 3. The molecule has 0 spiro atoms. The third kappa shape index (κ3) is 5.71. The Kier molecular flexibility index (Phi) is 9.28. The van der Waals surface area contributed by atoms with Crippen LogP contribution in [0.3, 0.4) is 0 Å². The third-order valence-corrected chi connectivity index (χ3v) is 8.66. The van der Waals surface area contributed by atoms with E-state index in [4.69, 9.17) is 20.1 Å². The van der Waals surface area contributed by atoms with Crippen LogP contribution in [0.1, 0.15) is 68.8 Å². The number of phenolic OH excluding ortho intramolecular Hbond substituents is 2. The summed E-state index contributed by atoms with van der Waals surface area (Å²) in [5.74, 6) is 1.07. The maximum Gasteiger partial charge on any atom is 0.202 e. The Morgan fingerprint density at radius 1 is 1.18 bits per heavy atom. The van der Waals surface area contributed by atoms with Gasteiger partial charge in [0.25, 0.3) is 0 Å². The Labute approximate surface area is 257 Å². The van der Waals surface area contributed by atoms with E-state index in [2.05, 4.69) is 10.2 Å². The van der Waals surface area contributed by atoms with Crippen molar-refractivity contribution in [2.45, 2.75) is 68.5 Å². The second-order valence-corrected chi connectivity index (χ2v) is 11.5. The number of hydrogen-bond acceptors (Lipinski definition) is 15. The van der Waals surface area contributed by atoms with Gasteiger partial charge in [-0.1, -0.05) is 12.1 Å². The van der Waals surface area contributed by atoms with Gasteiger partial charge in [-0.15, -0.1) is 0 Å². The molecule has 15 heteroatoms. The largest absolute Gasteiger partial charge is 0.507 e. The van der Waals surface area contributed by atoms with E-state index in [0.717, 1.165) is 0 Å². The predicted molar refractivity (Wildman–Crippen MR) is 152 cm³/mol. The molecule has 1 heterocycles. The molecule has 15 nitrogen and oxygen atoms in total. The van der Waals surface area contributed by atoms with Crippen molar-refractivity contribution in [3.05, 3.63) is 51.6 Å². The van der Waals surface area contributed by atoms with Crippen molar-refractivity contribution < 1.29 is 64.1 Å². The lowest BCUT2D eigenvalue weighted by Gasteiger charge is -2.43. The van der Waals surface area contributed by atoms with E-state index < -0.39 is 102 Å². The molecule has 2 aliphatic carbocycles. The van der Waals surface area contributed by atoms with Crippen LogP contribution in [0.5, 0.6) is 17.2 Å². The molecule has 0 bridgehead atoms. The van der Waals surface area contributed by atoms with Crippen LogP contribution in [0.2, 0.25) is 0 Å². The van der Waals surface area contributed by atoms with Gasteiger partial charge < -0.3 is 55.0 Å². The average Bonchev–Trinajstić information content (AvgIpc) is 3.01. The minimum Gasteiger partial charge on any atom is -0.507 e. The average molecular weight is 633 g/mol. The Hall–Kier alpha value is -3.51. The first-order chi connectivity index (χ1) is 21.4. The van der Waals surface area contributed by atoms with Gasteiger partial charge >= 0.3 is 0 Å². The number of Topliss-reactive ketones (excluding diaryl/α,β-unsaturated/α-hetero) is 1. The Morgan fingerprint density at radius 3 is 2.56 bits per heavy atom. The minimum atomic E-state index is -2.29. The molecule has 1 aliphatic heterocycles. The molecule has 244 valence electrons. The topological polar surface area (TPSA) is 248 Å². The van der Waals surface area contributed by atoms with Gasteiger partial charge in [-0.25, -0.2) is 5.90 Å². The van der Waals surface area contributed by atoms with Crippen LogP contribution in [0.4, 0.5) is 0 Å². The highest BCUT2D eigenvalue weighted by atomic mass is 16.7. The summed E-state index contributed by atoms with van der Waals surface area (Å²) in [4.78, 5) is 44.6. The van der Waals surface area contributed by atoms with Gasteiger partial charge in [-0.3, -0.25) is 14.4 Å². The molecule has 2 aromatic rings. The summed E-state index contributed by atoms with van der Waals surface area (Å²) in [6.07, 6.45) is -6.51. The first-order valence-corrected chi connectivity index (χ1v) is 14.3. The molecule has 5 rings (SSSR count). The molecule has 9 N–H and O–H groups in total. The minimum absolute atomic E-state index is 0.00272. The predicted octanol–water partition coefficient (Wildman–Crippen LogP) is -1.12. The summed E-state index contributed by atoms with van der Waals surface area (Å²) in [6, 6.07) is 3.65. The SMILES string of the molecule is COc1cccc2c1C(=O)c1c(O)c3c(c(O)c1C2=O)C[C@@](O)(C(=O)CO)C[C@@H]3OC1CC(NCC(O)CON)C(O)C(C)O1. The van der Waals surface area contributed by atoms with Crippen molar-refractivity contribution in [3.63, 3.8) is 0 Å². The fraction of sp³-hybridized carbons (Fsp3) is 0.500. The fourth-order valence-electron chi connectivity index (χ4n) is 6.38. The van der Waals surface area contributed by atoms with Crippen LogP contribution < -0.4 is 16.0 Å². The van der Waals surface area contributed by atoms with Gasteiger partial charge in [0.15, 0.2) is 17.9 Å². The highest BCUT2D eigenvalue weighted by Gasteiger charge is 2.50. The lowest BCUT2D eigenvalue weighted by Crippen LogP contribution is -2.56. The van der Waals surface area contributed by atoms with Crippen molar-refractivity contribution in [2.24, 2.45) is 5.90 Å². The van der Waals surface area contributed by atoms with Gasteiger partial charge in [-0.05, 0) is 13.0 Å². The number of aliphatic hydroxyl groups is 4. The lowest BCUT2D eigenvalue weighted by molar-refractivity contribution is -0.250. The van der Waals surface area contributed by atoms with Crippen LogP contribution in [-0.4, -0.2) is 111 Å². The fourth-order valence-corrected chi connectivity index (χ4v) is 6.38. The monoisotopic (exact) mass is 632 g/mol. The van der Waals surface area contributed by atoms with Gasteiger partial charge in [-0.2, -0.15) is 0 Å². The van der Waals surface area contributed by atoms with Crippen molar-refractivity contribution in [2.75, 3.05) is 26.9 Å². The highest BCUT2D eigenvalue weighted by molar-refractivity contribution is 6.31. The number of phenols is 2. The zero-order chi connectivity index (χ0) is 32.8. The summed E-state index contributed by atoms with van der Waals surface area (Å²) < 4.78 is 17.3. The van der Waals surface area contributed by atoms with Gasteiger partial charge in [0.1, 0.15) is 29.5 Å². The molecule has 2 aromatic carbocycles. The van der Waals surface area contributed by atoms with Crippen LogP contribution in [0, 0.1) is 0 Å². The molecule has 0 amide bonds. The van der Waals surface area contributed by atoms with Crippen LogP contribution >= 0.6 is 0 Å². The number of carbonyl (C=O) groups excluding carboxylic acids is 3. The molecule has 7 atom stereocenters. The third-order valence-electron chi connectivity index (χ3n) is 8.66. The second-order valence-electron chi connectivity index (χ2n) is 11.5. The summed E-state index contributed by atoms with van der Waals surface area (Å²) in [5, 5.41) is 67.8. The Balaban J connectivity index is 1.57. The highest BCUT2D eigenvalue weighted by Crippen LogP contribution is 2.52. The number of methoxy groups -OCH3 is 1. The molecule has 45 heavy (non-hydrogen) atoms. The molecule has 1 saturated heterocycles. The summed E-state index contributed by atoms with van der Waals surface area (Å²) >= 11 is 0. The Bertz CT molecular complexity index is 1510. The molecule has 1 fully saturated rings. The van der Waals surface area contributed by atoms with Crippen LogP contribution in [-0.2, 0) is 25.5 Å². The molecular weight excluding hydrogens is 596 g/mol. The number of nitrogens with one attached hydrogen (secondary N) is 1. The van der Waals surface area contributed by atoms with Crippen LogP contribution in [0.25, 0.3) is 0 Å². The van der Waals surface area contributed by atoms with Crippen molar-refractivity contribution in [1.82, 2.24) is 5.32 Å². The van der Waals surface area contributed by atoms with Gasteiger partial charge in [0.2, 0.25) is 5.78 Å². The maximum absolute atomic E-state index is 13.8. The van der Waals surface area contributed by atoms with E-state index in [9.17, 15) is 45.0 Å². The second kappa shape index (κ2) is 12.7. The number of hydrogen-bond donors (Lipinski definition) is 8. The number of aromatic hydroxyl groups is 2. The molecule has 0 saturated carbocycles. The summed E-state index contributed by atoms with van der Waals surface area (Å²) in [7, 11) is 1.31.